The lowest BCUT2D eigenvalue weighted by molar-refractivity contribution is 0.416. The summed E-state index contributed by atoms with van der Waals surface area (Å²) < 4.78 is 33.7. The zero-order valence-corrected chi connectivity index (χ0v) is 17.3. The van der Waals surface area contributed by atoms with Gasteiger partial charge in [-0.2, -0.15) is 0 Å². The number of aryl methyl sites for hydroxylation is 1. The summed E-state index contributed by atoms with van der Waals surface area (Å²) in [6, 6.07) is 16.2. The zero-order chi connectivity index (χ0) is 20.4. The van der Waals surface area contributed by atoms with Crippen LogP contribution in [0.1, 0.15) is 5.56 Å². The fourth-order valence-corrected chi connectivity index (χ4v) is 4.80. The summed E-state index contributed by atoms with van der Waals surface area (Å²) in [4.78, 5) is 9.08. The first-order valence-corrected chi connectivity index (χ1v) is 11.1. The van der Waals surface area contributed by atoms with E-state index in [1.807, 2.05) is 43.3 Å². The molecule has 0 unspecified atom stereocenters. The highest BCUT2D eigenvalue weighted by Gasteiger charge is 2.20. The van der Waals surface area contributed by atoms with E-state index in [9.17, 15) is 8.42 Å². The topological polar surface area (TPSA) is 93.2 Å². The highest BCUT2D eigenvalue weighted by atomic mass is 32.2. The van der Waals surface area contributed by atoms with Gasteiger partial charge in [0.25, 0.3) is 10.0 Å². The Balaban J connectivity index is 1.82. The molecule has 0 aliphatic carbocycles. The van der Waals surface area contributed by atoms with Crippen molar-refractivity contribution in [2.24, 2.45) is 0 Å². The molecule has 2 heterocycles. The third kappa shape index (κ3) is 4.01. The Labute approximate surface area is 172 Å². The summed E-state index contributed by atoms with van der Waals surface area (Å²) in [5.41, 5.74) is 2.90. The molecule has 9 heteroatoms. The maximum Gasteiger partial charge on any atom is 0.272 e. The van der Waals surface area contributed by atoms with Crippen molar-refractivity contribution in [3.63, 3.8) is 0 Å². The molecule has 0 aliphatic heterocycles. The molecule has 4 rings (SSSR count). The molecule has 0 bridgehead atoms. The first kappa shape index (κ1) is 19.2. The van der Waals surface area contributed by atoms with E-state index >= 15 is 0 Å². The lowest BCUT2D eigenvalue weighted by Gasteiger charge is -2.15. The summed E-state index contributed by atoms with van der Waals surface area (Å²) in [6.07, 6.45) is 0. The second-order valence-electron chi connectivity index (χ2n) is 6.28. The number of hydrogen-bond donors (Lipinski definition) is 2. The molecule has 0 amide bonds. The highest BCUT2D eigenvalue weighted by Crippen LogP contribution is 2.32. The second kappa shape index (κ2) is 7.69. The summed E-state index contributed by atoms with van der Waals surface area (Å²) in [6.45, 7) is 1.96. The zero-order valence-electron chi connectivity index (χ0n) is 15.7. The van der Waals surface area contributed by atoms with Gasteiger partial charge in [0, 0.05) is 0 Å². The number of nitrogens with zero attached hydrogens (tertiary/aromatic N) is 2. The normalized spacial score (nSPS) is 11.4. The third-order valence-corrected chi connectivity index (χ3v) is 6.91. The number of nitrogens with one attached hydrogen (secondary N) is 2. The average Bonchev–Trinajstić information content (AvgIpc) is 3.24. The number of benzene rings is 2. The quantitative estimate of drug-likeness (QED) is 0.470. The smallest absolute Gasteiger partial charge is 0.272 e. The Bertz CT molecular complexity index is 1270. The van der Waals surface area contributed by atoms with Crippen LogP contribution in [0.2, 0.25) is 0 Å². The molecule has 29 heavy (non-hydrogen) atoms. The van der Waals surface area contributed by atoms with Crippen LogP contribution < -0.4 is 14.8 Å². The van der Waals surface area contributed by atoms with Crippen molar-refractivity contribution in [3.8, 4) is 5.75 Å². The summed E-state index contributed by atoms with van der Waals surface area (Å²) in [7, 11) is -2.21. The number of rotatable bonds is 6. The van der Waals surface area contributed by atoms with Crippen molar-refractivity contribution in [3.05, 3.63) is 65.5 Å². The standard InChI is InChI=1S/C20H18N4O3S2/c1-13-9-10-17(27-2)16(12-13)23-19-20(22-15-7-4-3-6-14(15)21-19)24-29(25,26)18-8-5-11-28-18/h3-12H,1-2H3,(H,21,23)(H,22,24). The van der Waals surface area contributed by atoms with Gasteiger partial charge < -0.3 is 10.1 Å². The van der Waals surface area contributed by atoms with Crippen LogP contribution in [0.4, 0.5) is 17.3 Å². The molecule has 0 aliphatic rings. The van der Waals surface area contributed by atoms with Crippen molar-refractivity contribution in [1.29, 1.82) is 0 Å². The molecule has 7 nitrogen and oxygen atoms in total. The van der Waals surface area contributed by atoms with Gasteiger partial charge in [-0.05, 0) is 48.2 Å². The van der Waals surface area contributed by atoms with Crippen LogP contribution in [-0.4, -0.2) is 25.5 Å². The van der Waals surface area contributed by atoms with Crippen LogP contribution in [0, 0.1) is 6.92 Å². The van der Waals surface area contributed by atoms with E-state index in [-0.39, 0.29) is 15.8 Å². The van der Waals surface area contributed by atoms with E-state index < -0.39 is 10.0 Å². The van der Waals surface area contributed by atoms with Crippen molar-refractivity contribution in [2.75, 3.05) is 17.1 Å². The predicted octanol–water partition coefficient (Wildman–Crippen LogP) is 4.55. The molecule has 0 saturated heterocycles. The van der Waals surface area contributed by atoms with E-state index in [0.717, 1.165) is 16.9 Å². The molecule has 0 radical (unpaired) electrons. The highest BCUT2D eigenvalue weighted by molar-refractivity contribution is 7.94. The largest absolute Gasteiger partial charge is 0.495 e. The number of hydrogen-bond acceptors (Lipinski definition) is 7. The Morgan fingerprint density at radius 2 is 1.69 bits per heavy atom. The first-order valence-electron chi connectivity index (χ1n) is 8.71. The van der Waals surface area contributed by atoms with Gasteiger partial charge in [-0.15, -0.1) is 11.3 Å². The van der Waals surface area contributed by atoms with Gasteiger partial charge in [0.15, 0.2) is 11.6 Å². The van der Waals surface area contributed by atoms with E-state index in [0.29, 0.717) is 22.5 Å². The first-order chi connectivity index (χ1) is 14.0. The van der Waals surface area contributed by atoms with Crippen LogP contribution in [0.15, 0.2) is 64.2 Å². The van der Waals surface area contributed by atoms with Gasteiger partial charge in [0.1, 0.15) is 9.96 Å². The Hall–Kier alpha value is -3.17. The van der Waals surface area contributed by atoms with Gasteiger partial charge >= 0.3 is 0 Å². The molecule has 0 atom stereocenters. The van der Waals surface area contributed by atoms with Crippen LogP contribution in [-0.2, 0) is 10.0 Å². The van der Waals surface area contributed by atoms with Crippen LogP contribution in [0.5, 0.6) is 5.75 Å². The SMILES string of the molecule is COc1ccc(C)cc1Nc1nc2ccccc2nc1NS(=O)(=O)c1cccs1. The van der Waals surface area contributed by atoms with Crippen LogP contribution in [0.25, 0.3) is 11.0 Å². The van der Waals surface area contributed by atoms with Gasteiger partial charge in [0.2, 0.25) is 0 Å². The molecule has 2 aromatic heterocycles. The molecular weight excluding hydrogens is 408 g/mol. The van der Waals surface area contributed by atoms with Gasteiger partial charge in [-0.3, -0.25) is 4.72 Å². The van der Waals surface area contributed by atoms with E-state index in [2.05, 4.69) is 20.0 Å². The lowest BCUT2D eigenvalue weighted by Crippen LogP contribution is -2.15. The summed E-state index contributed by atoms with van der Waals surface area (Å²) >= 11 is 1.13. The molecular formula is C20H18N4O3S2. The molecule has 0 spiro atoms. The Morgan fingerprint density at radius 1 is 0.966 bits per heavy atom. The summed E-state index contributed by atoms with van der Waals surface area (Å²) in [5, 5.41) is 4.88. The Kier molecular flexibility index (Phi) is 5.08. The van der Waals surface area contributed by atoms with Gasteiger partial charge in [-0.1, -0.05) is 24.3 Å². The van der Waals surface area contributed by atoms with Crippen molar-refractivity contribution in [1.82, 2.24) is 9.97 Å². The third-order valence-electron chi connectivity index (χ3n) is 4.17. The molecule has 0 saturated carbocycles. The molecule has 0 fully saturated rings. The monoisotopic (exact) mass is 426 g/mol. The van der Waals surface area contributed by atoms with Crippen molar-refractivity contribution >= 4 is 49.7 Å². The lowest BCUT2D eigenvalue weighted by atomic mass is 10.2. The maximum atomic E-state index is 12.8. The number of aromatic nitrogens is 2. The fourth-order valence-electron chi connectivity index (χ4n) is 2.80. The van der Waals surface area contributed by atoms with Crippen molar-refractivity contribution in [2.45, 2.75) is 11.1 Å². The van der Waals surface area contributed by atoms with Gasteiger partial charge in [-0.25, -0.2) is 18.4 Å². The van der Waals surface area contributed by atoms with Crippen molar-refractivity contribution < 1.29 is 13.2 Å². The fraction of sp³-hybridized carbons (Fsp3) is 0.100. The number of para-hydroxylation sites is 2. The maximum absolute atomic E-state index is 12.8. The van der Waals surface area contributed by atoms with Crippen LogP contribution >= 0.6 is 11.3 Å². The number of thiophene rings is 1. The molecule has 2 N–H and O–H groups in total. The number of sulfonamides is 1. The summed E-state index contributed by atoms with van der Waals surface area (Å²) in [5.74, 6) is 1.01. The number of anilines is 3. The minimum absolute atomic E-state index is 0.112. The Morgan fingerprint density at radius 3 is 2.34 bits per heavy atom. The minimum atomic E-state index is -3.78. The average molecular weight is 427 g/mol. The second-order valence-corrected chi connectivity index (χ2v) is 9.13. The number of fused-ring (bicyclic) bond motifs is 1. The predicted molar refractivity (Wildman–Crippen MR) is 116 cm³/mol. The number of ether oxygens (including phenoxy) is 1. The molecule has 4 aromatic rings. The molecule has 148 valence electrons. The number of methoxy groups -OCH3 is 1. The van der Waals surface area contributed by atoms with E-state index in [1.54, 1.807) is 24.6 Å². The van der Waals surface area contributed by atoms with Gasteiger partial charge in [0.05, 0.1) is 23.8 Å². The van der Waals surface area contributed by atoms with Crippen LogP contribution in [0.3, 0.4) is 0 Å². The van der Waals surface area contributed by atoms with E-state index in [1.165, 1.54) is 6.07 Å². The van der Waals surface area contributed by atoms with E-state index in [4.69, 9.17) is 4.74 Å². The molecule has 2 aromatic carbocycles. The minimum Gasteiger partial charge on any atom is -0.495 e.